The number of aromatic hydroxyl groups is 1. The monoisotopic (exact) mass is 907 g/mol. The average molecular weight is 907 g/mol. The second-order valence-electron chi connectivity index (χ2n) is 19.3. The van der Waals surface area contributed by atoms with Crippen molar-refractivity contribution in [1.29, 1.82) is 0 Å². The number of nitrogens with zero attached hydrogens (tertiary/aromatic N) is 6. The second kappa shape index (κ2) is 19.5. The number of aryl methyl sites for hydroxylation is 2. The smallest absolute Gasteiger partial charge is 0.324 e. The predicted octanol–water partition coefficient (Wildman–Crippen LogP) is 5.31. The zero-order chi connectivity index (χ0) is 47.8. The van der Waals surface area contributed by atoms with Gasteiger partial charge in [0.1, 0.15) is 29.6 Å². The van der Waals surface area contributed by atoms with Gasteiger partial charge in [-0.1, -0.05) is 46.4 Å². The zero-order valence-corrected chi connectivity index (χ0v) is 39.8. The number of hydrogen-bond donors (Lipinski definition) is 3. The largest absolute Gasteiger partial charge is 0.508 e. The molecule has 2 fully saturated rings. The minimum atomic E-state index is -1.17. The van der Waals surface area contributed by atoms with Gasteiger partial charge in [0, 0.05) is 70.1 Å². The number of fused-ring (bicyclic) bond motifs is 6. The van der Waals surface area contributed by atoms with E-state index in [1.54, 1.807) is 37.5 Å². The molecule has 0 spiro atoms. The lowest BCUT2D eigenvalue weighted by molar-refractivity contribution is -0.155. The summed E-state index contributed by atoms with van der Waals surface area (Å²) in [4.78, 5) is 77.3. The number of aromatic nitrogens is 3. The molecule has 1 unspecified atom stereocenters. The number of esters is 1. The third-order valence-electron chi connectivity index (χ3n) is 13.5. The van der Waals surface area contributed by atoms with E-state index in [0.717, 1.165) is 39.1 Å². The van der Waals surface area contributed by atoms with E-state index in [1.807, 2.05) is 44.5 Å². The third-order valence-corrected chi connectivity index (χ3v) is 13.5. The number of rotatable bonds is 10. The van der Waals surface area contributed by atoms with Gasteiger partial charge >= 0.3 is 5.97 Å². The van der Waals surface area contributed by atoms with Crippen molar-refractivity contribution < 1.29 is 38.6 Å². The summed E-state index contributed by atoms with van der Waals surface area (Å²) in [5.41, 5.74) is 9.40. The van der Waals surface area contributed by atoms with Crippen LogP contribution in [0, 0.1) is 17.3 Å². The summed E-state index contributed by atoms with van der Waals surface area (Å²) in [5.74, 6) is -2.87. The van der Waals surface area contributed by atoms with Crippen LogP contribution < -0.4 is 10.7 Å². The molecule has 5 atom stereocenters. The van der Waals surface area contributed by atoms with E-state index < -0.39 is 47.2 Å². The summed E-state index contributed by atoms with van der Waals surface area (Å²) < 4.78 is 16.2. The molecule has 16 heteroatoms. The fourth-order valence-electron chi connectivity index (χ4n) is 10.1. The van der Waals surface area contributed by atoms with E-state index >= 15 is 0 Å². The first kappa shape index (κ1) is 47.9. The number of nitrogens with one attached hydrogen (secondary N) is 2. The fraction of sp³-hybridized carbons (Fsp3) is 0.520. The normalized spacial score (nSPS) is 21.0. The van der Waals surface area contributed by atoms with E-state index in [4.69, 9.17) is 14.5 Å². The molecule has 3 aliphatic heterocycles. The molecule has 4 amide bonds. The topological polar surface area (TPSA) is 181 Å². The maximum atomic E-state index is 14.7. The summed E-state index contributed by atoms with van der Waals surface area (Å²) in [6.45, 7) is 17.1. The van der Waals surface area contributed by atoms with Gasteiger partial charge in [0.05, 0.1) is 36.3 Å². The quantitative estimate of drug-likeness (QED) is 0.140. The van der Waals surface area contributed by atoms with Crippen LogP contribution in [0.2, 0.25) is 0 Å². The van der Waals surface area contributed by atoms with Crippen LogP contribution in [0.15, 0.2) is 55.4 Å². The number of hydrazine groups is 1. The van der Waals surface area contributed by atoms with E-state index in [-0.39, 0.29) is 55.7 Å². The van der Waals surface area contributed by atoms with E-state index in [1.165, 1.54) is 16.0 Å². The molecule has 354 valence electrons. The summed E-state index contributed by atoms with van der Waals surface area (Å²) in [6, 6.07) is 8.47. The highest BCUT2D eigenvalue weighted by Crippen LogP contribution is 2.42. The number of benzene rings is 2. The highest BCUT2D eigenvalue weighted by Gasteiger charge is 2.40. The molecule has 66 heavy (non-hydrogen) atoms. The number of ether oxygens (including phenoxy) is 2. The number of imidazole rings is 1. The minimum absolute atomic E-state index is 0.0127. The van der Waals surface area contributed by atoms with Gasteiger partial charge in [0.25, 0.3) is 5.91 Å². The first-order valence-electron chi connectivity index (χ1n) is 23.1. The number of amides is 4. The Bertz CT molecular complexity index is 2520. The Morgan fingerprint density at radius 2 is 1.86 bits per heavy atom. The number of carbonyl (C=O) groups excluding carboxylic acids is 5. The number of phenolic OH excluding ortho intramolecular Hbond substituents is 1. The van der Waals surface area contributed by atoms with Crippen LogP contribution in [0.25, 0.3) is 33.4 Å². The van der Waals surface area contributed by atoms with Crippen molar-refractivity contribution in [3.05, 3.63) is 72.2 Å². The molecule has 0 radical (unpaired) electrons. The lowest BCUT2D eigenvalue weighted by Crippen LogP contribution is -2.62. The molecule has 0 aliphatic carbocycles. The molecule has 16 nitrogen and oxygen atoms in total. The van der Waals surface area contributed by atoms with Crippen molar-refractivity contribution in [3.8, 4) is 28.3 Å². The van der Waals surface area contributed by atoms with Crippen molar-refractivity contribution in [2.24, 2.45) is 24.3 Å². The van der Waals surface area contributed by atoms with Crippen LogP contribution in [0.5, 0.6) is 5.75 Å². The first-order chi connectivity index (χ1) is 31.4. The lowest BCUT2D eigenvalue weighted by atomic mass is 9.84. The fourth-order valence-corrected chi connectivity index (χ4v) is 10.1. The van der Waals surface area contributed by atoms with Gasteiger partial charge in [-0.25, -0.2) is 10.4 Å². The maximum Gasteiger partial charge on any atom is 0.324 e. The van der Waals surface area contributed by atoms with Crippen LogP contribution in [0.4, 0.5) is 0 Å². The highest BCUT2D eigenvalue weighted by atomic mass is 16.5. The second-order valence-corrected chi connectivity index (χ2v) is 19.3. The summed E-state index contributed by atoms with van der Waals surface area (Å²) >= 11 is 0. The molecule has 7 rings (SSSR count). The Morgan fingerprint density at radius 3 is 2.56 bits per heavy atom. The molecular formula is C50H66N8O8. The number of methoxy groups -OCH3 is 1. The van der Waals surface area contributed by atoms with Crippen LogP contribution >= 0.6 is 0 Å². The average Bonchev–Trinajstić information content (AvgIpc) is 4.02. The molecule has 6 bridgehead atoms. The molecule has 0 saturated carbocycles. The number of likely N-dealkylation sites (tertiary alicyclic amines) is 1. The number of phenols is 1. The van der Waals surface area contributed by atoms with Gasteiger partial charge in [-0.15, -0.1) is 0 Å². The maximum absolute atomic E-state index is 14.7. The van der Waals surface area contributed by atoms with Crippen molar-refractivity contribution in [3.63, 3.8) is 0 Å². The van der Waals surface area contributed by atoms with Gasteiger partial charge in [0.15, 0.2) is 0 Å². The van der Waals surface area contributed by atoms with Gasteiger partial charge in [-0.3, -0.25) is 29.0 Å². The molecular weight excluding hydrogens is 841 g/mol. The summed E-state index contributed by atoms with van der Waals surface area (Å²) in [6.07, 6.45) is 4.69. The highest BCUT2D eigenvalue weighted by molar-refractivity contribution is 5.96. The van der Waals surface area contributed by atoms with Crippen molar-refractivity contribution >= 4 is 40.5 Å². The Labute approximate surface area is 387 Å². The molecule has 4 aromatic rings. The van der Waals surface area contributed by atoms with E-state index in [9.17, 15) is 29.1 Å². The molecule has 5 heterocycles. The van der Waals surface area contributed by atoms with E-state index in [2.05, 4.69) is 54.8 Å². The van der Waals surface area contributed by atoms with Gasteiger partial charge in [0.2, 0.25) is 17.7 Å². The lowest BCUT2D eigenvalue weighted by Gasteiger charge is -2.37. The van der Waals surface area contributed by atoms with Gasteiger partial charge in [-0.05, 0) is 98.0 Å². The van der Waals surface area contributed by atoms with Crippen LogP contribution in [-0.4, -0.2) is 122 Å². The van der Waals surface area contributed by atoms with Crippen LogP contribution in [0.3, 0.4) is 0 Å². The van der Waals surface area contributed by atoms with Crippen LogP contribution in [0.1, 0.15) is 83.7 Å². The first-order valence-corrected chi connectivity index (χ1v) is 23.1. The molecule has 2 aromatic heterocycles. The van der Waals surface area contributed by atoms with Crippen molar-refractivity contribution in [2.75, 3.05) is 40.4 Å². The third kappa shape index (κ3) is 9.61. The number of carbonyl (C=O) groups is 5. The van der Waals surface area contributed by atoms with Gasteiger partial charge < -0.3 is 38.8 Å². The predicted molar refractivity (Wildman–Crippen MR) is 251 cm³/mol. The number of cyclic esters (lactones) is 1. The SMILES string of the molecule is C=CC(=O)N1CC[C@H](C(=O)N(C)C(C(=O)N[C@H]2Cc3cc(O)cc(c3)-c3ccc4c(c3)c(c(-c3ncn(C)c3[C@H](C)OC)n4CC)CC(C)(C)COC(=O)[C@@H]3CCCN(N3)C2=O)C(C)C)C1. The summed E-state index contributed by atoms with van der Waals surface area (Å²) in [7, 11) is 5.22. The van der Waals surface area contributed by atoms with Crippen LogP contribution in [-0.2, 0) is 59.9 Å². The van der Waals surface area contributed by atoms with Crippen molar-refractivity contribution in [2.45, 2.75) is 104 Å². The number of hydrogen-bond acceptors (Lipinski definition) is 10. The Hall–Kier alpha value is -6.00. The minimum Gasteiger partial charge on any atom is -0.508 e. The Balaban J connectivity index is 1.31. The van der Waals surface area contributed by atoms with Crippen molar-refractivity contribution in [1.82, 2.24) is 39.7 Å². The van der Waals surface area contributed by atoms with E-state index in [0.29, 0.717) is 49.9 Å². The molecule has 2 saturated heterocycles. The molecule has 3 aliphatic rings. The Morgan fingerprint density at radius 1 is 1.11 bits per heavy atom. The molecule has 3 N–H and O–H groups in total. The molecule has 2 aromatic carbocycles. The zero-order valence-electron chi connectivity index (χ0n) is 39.8. The Kier molecular flexibility index (Phi) is 14.1. The standard InChI is InChI=1S/C50H66N8O8/c1-11-41(60)56-19-17-33(26-56)47(62)55(9)43(29(3)4)46(61)52-39-22-31-20-34(23-35(59)21-31)32-15-16-40-36(24-32)37(45(57(40)12-2)42-44(30(5)65-10)54(8)28-51-42)25-50(6,7)27-66-49(64)38-14-13-18-58(53-38)48(39)63/h11,15-16,20-21,23-24,28-30,33,38-39,43,53,59H,1,12-14,17-19,22,25-27H2,2-10H3,(H,52,61)/t30-,33-,38-,39-,43?/m0/s1. The van der Waals surface area contributed by atoms with Gasteiger partial charge in [-0.2, -0.15) is 0 Å². The summed E-state index contributed by atoms with van der Waals surface area (Å²) in [5, 5.41) is 16.7. The number of likely N-dealkylation sites (N-methyl/N-ethyl adjacent to an activating group) is 1.